The fourth-order valence-corrected chi connectivity index (χ4v) is 1.79. The van der Waals surface area contributed by atoms with Crippen LogP contribution < -0.4 is 5.32 Å². The van der Waals surface area contributed by atoms with Crippen LogP contribution in [0.25, 0.3) is 0 Å². The summed E-state index contributed by atoms with van der Waals surface area (Å²) in [6.07, 6.45) is 1.93. The second-order valence-electron chi connectivity index (χ2n) is 4.33. The Kier molecular flexibility index (Phi) is 3.88. The van der Waals surface area contributed by atoms with Crippen LogP contribution in [0.4, 0.5) is 0 Å². The molecular formula is C13H18N4. The summed E-state index contributed by atoms with van der Waals surface area (Å²) in [4.78, 5) is 0. The highest BCUT2D eigenvalue weighted by molar-refractivity contribution is 5.18. The van der Waals surface area contributed by atoms with E-state index < -0.39 is 0 Å². The molecule has 17 heavy (non-hydrogen) atoms. The molecule has 90 valence electrons. The minimum atomic E-state index is 0.507. The number of aryl methyl sites for hydroxylation is 1. The smallest absolute Gasteiger partial charge is 0.0964 e. The molecule has 2 aromatic rings. The van der Waals surface area contributed by atoms with Gasteiger partial charge >= 0.3 is 0 Å². The molecule has 4 heteroatoms. The van der Waals surface area contributed by atoms with Crippen molar-refractivity contribution in [3.05, 3.63) is 47.8 Å². The van der Waals surface area contributed by atoms with E-state index in [0.29, 0.717) is 5.92 Å². The average molecular weight is 230 g/mol. The van der Waals surface area contributed by atoms with Gasteiger partial charge in [0, 0.05) is 26.3 Å². The molecule has 1 unspecified atom stereocenters. The molecule has 0 amide bonds. The molecule has 0 aliphatic heterocycles. The van der Waals surface area contributed by atoms with Crippen LogP contribution in [-0.2, 0) is 13.6 Å². The number of rotatable bonds is 5. The lowest BCUT2D eigenvalue weighted by molar-refractivity contribution is 0.607. The monoisotopic (exact) mass is 230 g/mol. The van der Waals surface area contributed by atoms with Crippen molar-refractivity contribution in [2.45, 2.75) is 19.4 Å². The van der Waals surface area contributed by atoms with Crippen LogP contribution in [0.15, 0.2) is 36.5 Å². The quantitative estimate of drug-likeness (QED) is 0.850. The molecule has 4 nitrogen and oxygen atoms in total. The lowest BCUT2D eigenvalue weighted by Gasteiger charge is -2.12. The molecule has 0 aliphatic carbocycles. The average Bonchev–Trinajstić information content (AvgIpc) is 2.76. The number of hydrogen-bond acceptors (Lipinski definition) is 3. The summed E-state index contributed by atoms with van der Waals surface area (Å²) in [5, 5.41) is 11.3. The van der Waals surface area contributed by atoms with Crippen LogP contribution in [0, 0.1) is 0 Å². The van der Waals surface area contributed by atoms with Gasteiger partial charge in [-0.2, -0.15) is 0 Å². The number of nitrogens with zero attached hydrogens (tertiary/aromatic N) is 3. The molecule has 1 N–H and O–H groups in total. The molecule has 0 aliphatic rings. The zero-order valence-corrected chi connectivity index (χ0v) is 10.3. The molecule has 0 saturated heterocycles. The third-order valence-electron chi connectivity index (χ3n) is 2.78. The Morgan fingerprint density at radius 1 is 1.29 bits per heavy atom. The van der Waals surface area contributed by atoms with Gasteiger partial charge in [-0.3, -0.25) is 4.68 Å². The van der Waals surface area contributed by atoms with E-state index in [9.17, 15) is 0 Å². The zero-order valence-electron chi connectivity index (χ0n) is 10.3. The number of benzene rings is 1. The molecule has 2 rings (SSSR count). The van der Waals surface area contributed by atoms with Crippen LogP contribution in [0.5, 0.6) is 0 Å². The van der Waals surface area contributed by atoms with E-state index in [1.165, 1.54) is 5.56 Å². The number of nitrogens with one attached hydrogen (secondary N) is 1. The van der Waals surface area contributed by atoms with E-state index in [-0.39, 0.29) is 0 Å². The maximum absolute atomic E-state index is 4.04. The normalized spacial score (nSPS) is 12.6. The summed E-state index contributed by atoms with van der Waals surface area (Å²) in [5.74, 6) is 0.507. The van der Waals surface area contributed by atoms with Gasteiger partial charge in [-0.15, -0.1) is 5.10 Å². The van der Waals surface area contributed by atoms with Crippen LogP contribution in [0.2, 0.25) is 0 Å². The second kappa shape index (κ2) is 5.59. The Balaban J connectivity index is 1.79. The third-order valence-corrected chi connectivity index (χ3v) is 2.78. The Labute approximate surface area is 102 Å². The maximum Gasteiger partial charge on any atom is 0.0964 e. The first-order valence-electron chi connectivity index (χ1n) is 5.86. The highest BCUT2D eigenvalue weighted by Crippen LogP contribution is 2.12. The van der Waals surface area contributed by atoms with Crippen molar-refractivity contribution in [1.29, 1.82) is 0 Å². The summed E-state index contributed by atoms with van der Waals surface area (Å²) >= 11 is 0. The first kappa shape index (κ1) is 11.8. The van der Waals surface area contributed by atoms with Gasteiger partial charge in [-0.25, -0.2) is 0 Å². The molecule has 1 aromatic carbocycles. The Bertz CT molecular complexity index is 449. The summed E-state index contributed by atoms with van der Waals surface area (Å²) in [6, 6.07) is 10.5. The third kappa shape index (κ3) is 3.39. The van der Waals surface area contributed by atoms with E-state index in [2.05, 4.69) is 46.8 Å². The highest BCUT2D eigenvalue weighted by Gasteiger charge is 2.04. The predicted molar refractivity (Wildman–Crippen MR) is 67.6 cm³/mol. The second-order valence-corrected chi connectivity index (χ2v) is 4.33. The van der Waals surface area contributed by atoms with Gasteiger partial charge in [0.25, 0.3) is 0 Å². The van der Waals surface area contributed by atoms with Gasteiger partial charge in [0.15, 0.2) is 0 Å². The van der Waals surface area contributed by atoms with E-state index in [1.807, 2.05) is 19.3 Å². The molecule has 0 saturated carbocycles. The minimum Gasteiger partial charge on any atom is -0.310 e. The molecule has 0 spiro atoms. The molecule has 0 bridgehead atoms. The summed E-state index contributed by atoms with van der Waals surface area (Å²) in [7, 11) is 1.88. The van der Waals surface area contributed by atoms with Crippen molar-refractivity contribution in [2.75, 3.05) is 6.54 Å². The van der Waals surface area contributed by atoms with E-state index >= 15 is 0 Å². The van der Waals surface area contributed by atoms with Crippen LogP contribution in [0.3, 0.4) is 0 Å². The van der Waals surface area contributed by atoms with Gasteiger partial charge in [-0.1, -0.05) is 42.5 Å². The fourth-order valence-electron chi connectivity index (χ4n) is 1.79. The topological polar surface area (TPSA) is 42.7 Å². The largest absolute Gasteiger partial charge is 0.310 e. The van der Waals surface area contributed by atoms with Crippen LogP contribution >= 0.6 is 0 Å². The summed E-state index contributed by atoms with van der Waals surface area (Å²) in [6.45, 7) is 3.94. The minimum absolute atomic E-state index is 0.507. The van der Waals surface area contributed by atoms with E-state index in [0.717, 1.165) is 18.8 Å². The molecule has 0 fully saturated rings. The van der Waals surface area contributed by atoms with Gasteiger partial charge in [0.1, 0.15) is 0 Å². The first-order valence-corrected chi connectivity index (χ1v) is 5.86. The number of hydrogen-bond donors (Lipinski definition) is 1. The van der Waals surface area contributed by atoms with Gasteiger partial charge < -0.3 is 5.32 Å². The van der Waals surface area contributed by atoms with Gasteiger partial charge in [0.05, 0.1) is 5.69 Å². The van der Waals surface area contributed by atoms with Crippen molar-refractivity contribution in [3.63, 3.8) is 0 Å². The van der Waals surface area contributed by atoms with E-state index in [1.54, 1.807) is 4.68 Å². The number of aromatic nitrogens is 3. The molecule has 1 heterocycles. The molecular weight excluding hydrogens is 212 g/mol. The first-order chi connectivity index (χ1) is 8.25. The van der Waals surface area contributed by atoms with Crippen LogP contribution in [-0.4, -0.2) is 21.5 Å². The maximum atomic E-state index is 4.04. The Morgan fingerprint density at radius 3 is 2.71 bits per heavy atom. The summed E-state index contributed by atoms with van der Waals surface area (Å²) < 4.78 is 1.72. The lowest BCUT2D eigenvalue weighted by atomic mass is 10.0. The van der Waals surface area contributed by atoms with Crippen molar-refractivity contribution in [3.8, 4) is 0 Å². The van der Waals surface area contributed by atoms with Crippen LogP contribution in [0.1, 0.15) is 24.1 Å². The van der Waals surface area contributed by atoms with Gasteiger partial charge in [-0.05, 0) is 11.5 Å². The Morgan fingerprint density at radius 2 is 2.06 bits per heavy atom. The van der Waals surface area contributed by atoms with E-state index in [4.69, 9.17) is 0 Å². The van der Waals surface area contributed by atoms with Crippen molar-refractivity contribution in [1.82, 2.24) is 20.3 Å². The fraction of sp³-hybridized carbons (Fsp3) is 0.385. The Hall–Kier alpha value is -1.68. The predicted octanol–water partition coefficient (Wildman–Crippen LogP) is 1.71. The lowest BCUT2D eigenvalue weighted by Crippen LogP contribution is -2.19. The molecule has 1 atom stereocenters. The van der Waals surface area contributed by atoms with Crippen molar-refractivity contribution < 1.29 is 0 Å². The highest BCUT2D eigenvalue weighted by atomic mass is 15.4. The zero-order chi connectivity index (χ0) is 12.1. The molecule has 1 aromatic heterocycles. The van der Waals surface area contributed by atoms with Crippen molar-refractivity contribution >= 4 is 0 Å². The van der Waals surface area contributed by atoms with Crippen molar-refractivity contribution in [2.24, 2.45) is 7.05 Å². The molecule has 0 radical (unpaired) electrons. The summed E-state index contributed by atoms with van der Waals surface area (Å²) in [5.41, 5.74) is 2.34. The van der Waals surface area contributed by atoms with Gasteiger partial charge in [0.2, 0.25) is 0 Å². The standard InChI is InChI=1S/C13H18N4/c1-11(12-6-4-3-5-7-12)8-14-9-13-10-17(2)16-15-13/h3-7,10-11,14H,8-9H2,1-2H3. The SMILES string of the molecule is CC(CNCc1cn(C)nn1)c1ccccc1.